The lowest BCUT2D eigenvalue weighted by Crippen LogP contribution is -2.35. The van der Waals surface area contributed by atoms with Gasteiger partial charge in [-0.15, -0.1) is 0 Å². The summed E-state index contributed by atoms with van der Waals surface area (Å²) in [6, 6.07) is -0.0408. The van der Waals surface area contributed by atoms with E-state index in [9.17, 15) is 18.0 Å². The maximum atomic E-state index is 12.6. The van der Waals surface area contributed by atoms with Crippen LogP contribution in [0, 0.1) is 6.92 Å². The Hall–Kier alpha value is -1.24. The van der Waals surface area contributed by atoms with Gasteiger partial charge >= 0.3 is 6.18 Å². The Labute approximate surface area is 113 Å². The van der Waals surface area contributed by atoms with Crippen molar-refractivity contribution in [3.05, 3.63) is 16.4 Å². The van der Waals surface area contributed by atoms with Gasteiger partial charge < -0.3 is 5.32 Å². The molecule has 1 aromatic heterocycles. The standard InChI is InChI=1S/C11H15ClF3N3O/c1-4-6(2)16-8(19)5-18-7(3)9(12)10(17-18)11(13,14)15/h6H,4-5H2,1-3H3,(H,16,19). The van der Waals surface area contributed by atoms with Gasteiger partial charge in [-0.05, 0) is 20.3 Å². The molecule has 0 bridgehead atoms. The Morgan fingerprint density at radius 3 is 2.53 bits per heavy atom. The highest BCUT2D eigenvalue weighted by Crippen LogP contribution is 2.35. The Morgan fingerprint density at radius 1 is 1.53 bits per heavy atom. The normalized spacial score (nSPS) is 13.4. The monoisotopic (exact) mass is 297 g/mol. The quantitative estimate of drug-likeness (QED) is 0.929. The van der Waals surface area contributed by atoms with E-state index in [1.807, 2.05) is 13.8 Å². The molecular formula is C11H15ClF3N3O. The van der Waals surface area contributed by atoms with Crippen molar-refractivity contribution in [1.29, 1.82) is 0 Å². The summed E-state index contributed by atoms with van der Waals surface area (Å²) in [5.74, 6) is -0.398. The molecule has 1 N–H and O–H groups in total. The molecule has 0 aliphatic heterocycles. The van der Waals surface area contributed by atoms with Crippen molar-refractivity contribution in [3.63, 3.8) is 0 Å². The first-order valence-electron chi connectivity index (χ1n) is 5.76. The predicted molar refractivity (Wildman–Crippen MR) is 64.9 cm³/mol. The maximum Gasteiger partial charge on any atom is 0.436 e. The first kappa shape index (κ1) is 15.8. The summed E-state index contributed by atoms with van der Waals surface area (Å²) in [6.45, 7) is 4.80. The van der Waals surface area contributed by atoms with Crippen LogP contribution in [0.1, 0.15) is 31.7 Å². The average molecular weight is 298 g/mol. The number of rotatable bonds is 4. The highest BCUT2D eigenvalue weighted by molar-refractivity contribution is 6.32. The van der Waals surface area contributed by atoms with E-state index < -0.39 is 22.8 Å². The molecule has 0 saturated heterocycles. The fourth-order valence-corrected chi connectivity index (χ4v) is 1.66. The third-order valence-electron chi connectivity index (χ3n) is 2.72. The molecule has 0 fully saturated rings. The first-order valence-corrected chi connectivity index (χ1v) is 6.14. The van der Waals surface area contributed by atoms with Crippen LogP contribution in [0.4, 0.5) is 13.2 Å². The molecule has 1 atom stereocenters. The molecule has 0 aliphatic carbocycles. The molecule has 1 heterocycles. The van der Waals surface area contributed by atoms with Crippen molar-refractivity contribution in [1.82, 2.24) is 15.1 Å². The number of hydrogen-bond acceptors (Lipinski definition) is 2. The topological polar surface area (TPSA) is 46.9 Å². The molecule has 0 aromatic carbocycles. The van der Waals surface area contributed by atoms with Crippen LogP contribution in [0.15, 0.2) is 0 Å². The van der Waals surface area contributed by atoms with Crippen LogP contribution in [0.3, 0.4) is 0 Å². The molecule has 1 aromatic rings. The smallest absolute Gasteiger partial charge is 0.352 e. The average Bonchev–Trinajstić information content (AvgIpc) is 2.56. The fourth-order valence-electron chi connectivity index (χ4n) is 1.42. The second kappa shape index (κ2) is 5.81. The second-order valence-electron chi connectivity index (χ2n) is 4.28. The van der Waals surface area contributed by atoms with Crippen LogP contribution in [0.2, 0.25) is 5.02 Å². The zero-order valence-electron chi connectivity index (χ0n) is 10.8. The number of alkyl halides is 3. The van der Waals surface area contributed by atoms with Gasteiger partial charge in [-0.1, -0.05) is 18.5 Å². The Kier molecular flexibility index (Phi) is 4.84. The minimum absolute atomic E-state index is 0.0408. The largest absolute Gasteiger partial charge is 0.436 e. The molecular weight excluding hydrogens is 283 g/mol. The van der Waals surface area contributed by atoms with Crippen molar-refractivity contribution < 1.29 is 18.0 Å². The van der Waals surface area contributed by atoms with Crippen LogP contribution < -0.4 is 5.32 Å². The molecule has 0 radical (unpaired) electrons. The lowest BCUT2D eigenvalue weighted by atomic mass is 10.2. The van der Waals surface area contributed by atoms with E-state index in [1.54, 1.807) is 0 Å². The summed E-state index contributed by atoms with van der Waals surface area (Å²) in [7, 11) is 0. The maximum absolute atomic E-state index is 12.6. The van der Waals surface area contributed by atoms with Gasteiger partial charge in [0.15, 0.2) is 5.69 Å². The molecule has 1 unspecified atom stereocenters. The van der Waals surface area contributed by atoms with Crippen molar-refractivity contribution in [2.75, 3.05) is 0 Å². The number of nitrogens with one attached hydrogen (secondary N) is 1. The number of aromatic nitrogens is 2. The fraction of sp³-hybridized carbons (Fsp3) is 0.636. The summed E-state index contributed by atoms with van der Waals surface area (Å²) < 4.78 is 38.7. The highest BCUT2D eigenvalue weighted by Gasteiger charge is 2.38. The van der Waals surface area contributed by atoms with Gasteiger partial charge in [-0.25, -0.2) is 0 Å². The van der Waals surface area contributed by atoms with Gasteiger partial charge in [0.2, 0.25) is 5.91 Å². The molecule has 1 amide bonds. The molecule has 1 rings (SSSR count). The van der Waals surface area contributed by atoms with E-state index >= 15 is 0 Å². The highest BCUT2D eigenvalue weighted by atomic mass is 35.5. The number of carbonyl (C=O) groups is 1. The lowest BCUT2D eigenvalue weighted by Gasteiger charge is -2.11. The number of hydrogen-bond donors (Lipinski definition) is 1. The third-order valence-corrected chi connectivity index (χ3v) is 3.17. The minimum Gasteiger partial charge on any atom is -0.352 e. The molecule has 0 spiro atoms. The van der Waals surface area contributed by atoms with Crippen LogP contribution in [0.25, 0.3) is 0 Å². The van der Waals surface area contributed by atoms with Crippen LogP contribution in [0.5, 0.6) is 0 Å². The lowest BCUT2D eigenvalue weighted by molar-refractivity contribution is -0.141. The second-order valence-corrected chi connectivity index (χ2v) is 4.66. The molecule has 8 heteroatoms. The van der Waals surface area contributed by atoms with E-state index in [2.05, 4.69) is 10.4 Å². The molecule has 4 nitrogen and oxygen atoms in total. The zero-order valence-corrected chi connectivity index (χ0v) is 11.6. The number of carbonyl (C=O) groups excluding carboxylic acids is 1. The van der Waals surface area contributed by atoms with E-state index in [-0.39, 0.29) is 18.3 Å². The van der Waals surface area contributed by atoms with Gasteiger partial charge in [0.25, 0.3) is 0 Å². The summed E-state index contributed by atoms with van der Waals surface area (Å²) in [4.78, 5) is 11.6. The van der Waals surface area contributed by atoms with Crippen LogP contribution in [-0.4, -0.2) is 21.7 Å². The number of halogens is 4. The van der Waals surface area contributed by atoms with E-state index in [0.29, 0.717) is 0 Å². The summed E-state index contributed by atoms with van der Waals surface area (Å²) in [5, 5.41) is 5.53. The molecule has 108 valence electrons. The van der Waals surface area contributed by atoms with Crippen molar-refractivity contribution in [3.8, 4) is 0 Å². The van der Waals surface area contributed by atoms with Crippen molar-refractivity contribution in [2.24, 2.45) is 0 Å². The van der Waals surface area contributed by atoms with Gasteiger partial charge in [-0.3, -0.25) is 9.48 Å². The summed E-state index contributed by atoms with van der Waals surface area (Å²) >= 11 is 5.58. The summed E-state index contributed by atoms with van der Waals surface area (Å²) in [6.07, 6.45) is -3.89. The van der Waals surface area contributed by atoms with Gasteiger partial charge in [0, 0.05) is 6.04 Å². The van der Waals surface area contributed by atoms with Crippen molar-refractivity contribution >= 4 is 17.5 Å². The van der Waals surface area contributed by atoms with Crippen molar-refractivity contribution in [2.45, 2.75) is 46.0 Å². The van der Waals surface area contributed by atoms with E-state index in [4.69, 9.17) is 11.6 Å². The van der Waals surface area contributed by atoms with Gasteiger partial charge in [-0.2, -0.15) is 18.3 Å². The summed E-state index contributed by atoms with van der Waals surface area (Å²) in [5.41, 5.74) is -1.05. The zero-order chi connectivity index (χ0) is 14.8. The third kappa shape index (κ3) is 3.86. The van der Waals surface area contributed by atoms with Gasteiger partial charge in [0.1, 0.15) is 6.54 Å². The molecule has 0 saturated carbocycles. The predicted octanol–water partition coefficient (Wildman–Crippen LogP) is 2.78. The SMILES string of the molecule is CCC(C)NC(=O)Cn1nc(C(F)(F)F)c(Cl)c1C. The number of nitrogens with zero attached hydrogens (tertiary/aromatic N) is 2. The Bertz CT molecular complexity index is 470. The first-order chi connectivity index (χ1) is 8.66. The number of amides is 1. The molecule has 19 heavy (non-hydrogen) atoms. The molecule has 0 aliphatic rings. The van der Waals surface area contributed by atoms with E-state index in [0.717, 1.165) is 11.1 Å². The Balaban J connectivity index is 2.89. The van der Waals surface area contributed by atoms with Crippen LogP contribution in [-0.2, 0) is 17.5 Å². The minimum atomic E-state index is -4.62. The van der Waals surface area contributed by atoms with Crippen LogP contribution >= 0.6 is 11.6 Å². The van der Waals surface area contributed by atoms with E-state index in [1.165, 1.54) is 6.92 Å². The van der Waals surface area contributed by atoms with Gasteiger partial charge in [0.05, 0.1) is 10.7 Å². The Morgan fingerprint density at radius 2 is 2.11 bits per heavy atom.